The summed E-state index contributed by atoms with van der Waals surface area (Å²) < 4.78 is 99.7. The molecule has 1 aromatic carbocycles. The van der Waals surface area contributed by atoms with E-state index >= 15 is 0 Å². The first-order chi connectivity index (χ1) is 11.6. The van der Waals surface area contributed by atoms with E-state index in [1.54, 1.807) is 0 Å². The highest BCUT2D eigenvalue weighted by molar-refractivity contribution is 7.92. The first-order valence-electron chi connectivity index (χ1n) is 6.11. The molecule has 0 bridgehead atoms. The molecular weight excluding hydrogens is 437 g/mol. The van der Waals surface area contributed by atoms with Gasteiger partial charge in [-0.3, -0.25) is 0 Å². The van der Waals surface area contributed by atoms with Crippen molar-refractivity contribution in [2.45, 2.75) is 16.6 Å². The van der Waals surface area contributed by atoms with Crippen LogP contribution in [0.5, 0.6) is 0 Å². The average Bonchev–Trinajstić information content (AvgIpc) is 2.71. The van der Waals surface area contributed by atoms with Crippen molar-refractivity contribution in [2.24, 2.45) is 0 Å². The molecule has 0 saturated carbocycles. The van der Waals surface area contributed by atoms with Gasteiger partial charge in [-0.15, -0.1) is 5.10 Å². The maximum atomic E-state index is 12.7. The van der Waals surface area contributed by atoms with Crippen molar-refractivity contribution in [1.29, 1.82) is 0 Å². The molecule has 0 fully saturated rings. The minimum atomic E-state index is -5.98. The summed E-state index contributed by atoms with van der Waals surface area (Å²) in [5.41, 5.74) is 3.02. The summed E-state index contributed by atoms with van der Waals surface area (Å²) >= 11 is 11.4. The highest BCUT2D eigenvalue weighted by Gasteiger charge is 2.50. The van der Waals surface area contributed by atoms with Crippen molar-refractivity contribution >= 4 is 44.7 Å². The zero-order valence-electron chi connectivity index (χ0n) is 12.0. The Morgan fingerprint density at radius 3 is 1.85 bits per heavy atom. The Bertz CT molecular complexity index is 961. The van der Waals surface area contributed by atoms with E-state index < -0.39 is 59.3 Å². The van der Waals surface area contributed by atoms with Crippen LogP contribution in [0.1, 0.15) is 5.56 Å². The van der Waals surface area contributed by atoms with Gasteiger partial charge in [0, 0.05) is 0 Å². The lowest BCUT2D eigenvalue weighted by molar-refractivity contribution is -0.137. The molecule has 4 N–H and O–H groups in total. The number of hydrogen-bond acceptors (Lipinski definition) is 5. The fraction of sp³-hybridized carbons (Fsp3) is 0.182. The van der Waals surface area contributed by atoms with Crippen LogP contribution in [0, 0.1) is 0 Å². The maximum absolute atomic E-state index is 12.7. The minimum absolute atomic E-state index is 0.318. The number of nitrogens with two attached hydrogens (primary N) is 2. The van der Waals surface area contributed by atoms with Crippen molar-refractivity contribution in [3.05, 3.63) is 27.7 Å². The number of hydrogen-bond donors (Lipinski definition) is 2. The summed E-state index contributed by atoms with van der Waals surface area (Å²) in [7, 11) is -5.98. The molecule has 0 amide bonds. The smallest absolute Gasteiger partial charge is 0.382 e. The molecule has 26 heavy (non-hydrogen) atoms. The van der Waals surface area contributed by atoms with E-state index in [9.17, 15) is 34.8 Å². The van der Waals surface area contributed by atoms with Gasteiger partial charge in [-0.05, 0) is 12.1 Å². The second-order valence-corrected chi connectivity index (χ2v) is 7.44. The largest absolute Gasteiger partial charge is 0.502 e. The molecule has 6 nitrogen and oxygen atoms in total. The van der Waals surface area contributed by atoms with Gasteiger partial charge in [0.2, 0.25) is 0 Å². The molecular formula is C11H6Cl2F6N4O2S. The highest BCUT2D eigenvalue weighted by atomic mass is 35.5. The van der Waals surface area contributed by atoms with Crippen molar-refractivity contribution in [3.8, 4) is 5.69 Å². The maximum Gasteiger partial charge on any atom is 0.502 e. The van der Waals surface area contributed by atoms with Crippen LogP contribution in [0.4, 0.5) is 38.0 Å². The van der Waals surface area contributed by atoms with Crippen LogP contribution in [-0.2, 0) is 16.0 Å². The molecule has 0 aliphatic carbocycles. The number of halogens is 8. The molecule has 1 aromatic heterocycles. The summed E-state index contributed by atoms with van der Waals surface area (Å²) in [6, 6.07) is 0.829. The number of nitrogens with zero attached hydrogens (tertiary/aromatic N) is 2. The van der Waals surface area contributed by atoms with Gasteiger partial charge < -0.3 is 11.5 Å². The topological polar surface area (TPSA) is 104 Å². The first-order valence-corrected chi connectivity index (χ1v) is 8.35. The van der Waals surface area contributed by atoms with E-state index in [2.05, 4.69) is 5.10 Å². The second kappa shape index (κ2) is 6.09. The van der Waals surface area contributed by atoms with Gasteiger partial charge in [0.05, 0.1) is 15.6 Å². The quantitative estimate of drug-likeness (QED) is 0.690. The average molecular weight is 443 g/mol. The minimum Gasteiger partial charge on any atom is -0.382 e. The van der Waals surface area contributed by atoms with Crippen molar-refractivity contribution in [3.63, 3.8) is 0 Å². The number of sulfone groups is 1. The van der Waals surface area contributed by atoms with Crippen LogP contribution in [0.25, 0.3) is 5.69 Å². The Kier molecular flexibility index (Phi) is 4.79. The van der Waals surface area contributed by atoms with Gasteiger partial charge in [0.15, 0.2) is 10.7 Å². The first kappa shape index (κ1) is 20.5. The van der Waals surface area contributed by atoms with Crippen LogP contribution >= 0.6 is 23.2 Å². The third-order valence-corrected chi connectivity index (χ3v) is 5.17. The van der Waals surface area contributed by atoms with Crippen molar-refractivity contribution < 1.29 is 34.8 Å². The van der Waals surface area contributed by atoms with Crippen molar-refractivity contribution in [2.75, 3.05) is 11.5 Å². The van der Waals surface area contributed by atoms with E-state index in [1.165, 1.54) is 0 Å². The number of aromatic nitrogens is 2. The number of benzene rings is 1. The lowest BCUT2D eigenvalue weighted by Gasteiger charge is -2.13. The van der Waals surface area contributed by atoms with Crippen LogP contribution in [-0.4, -0.2) is 23.7 Å². The van der Waals surface area contributed by atoms with Gasteiger partial charge in [-0.25, -0.2) is 13.1 Å². The molecule has 144 valence electrons. The lowest BCUT2D eigenvalue weighted by atomic mass is 10.2. The summed E-state index contributed by atoms with van der Waals surface area (Å²) in [5, 5.41) is 1.92. The zero-order chi connectivity index (χ0) is 20.2. The van der Waals surface area contributed by atoms with Crippen LogP contribution in [0.2, 0.25) is 10.0 Å². The lowest BCUT2D eigenvalue weighted by Crippen LogP contribution is -2.24. The summed E-state index contributed by atoms with van der Waals surface area (Å²) in [6.07, 6.45) is -4.81. The Labute approximate surface area is 151 Å². The second-order valence-electron chi connectivity index (χ2n) is 4.75. The van der Waals surface area contributed by atoms with Gasteiger partial charge in [0.1, 0.15) is 11.5 Å². The Morgan fingerprint density at radius 2 is 1.46 bits per heavy atom. The van der Waals surface area contributed by atoms with Gasteiger partial charge >= 0.3 is 11.7 Å². The van der Waals surface area contributed by atoms with Gasteiger partial charge in [-0.2, -0.15) is 26.3 Å². The molecule has 0 saturated heterocycles. The number of anilines is 2. The molecule has 0 radical (unpaired) electrons. The SMILES string of the molecule is Nc1nn(-c2c(Cl)cc(C(F)(F)F)cc2Cl)c(N)c1S(=O)(=O)C(F)(F)F. The highest BCUT2D eigenvalue weighted by Crippen LogP contribution is 2.41. The van der Waals surface area contributed by atoms with E-state index in [0.717, 1.165) is 0 Å². The van der Waals surface area contributed by atoms with Crippen LogP contribution in [0.15, 0.2) is 17.0 Å². The fourth-order valence-electron chi connectivity index (χ4n) is 1.93. The molecule has 0 aliphatic heterocycles. The van der Waals surface area contributed by atoms with Crippen molar-refractivity contribution in [1.82, 2.24) is 9.78 Å². The zero-order valence-corrected chi connectivity index (χ0v) is 14.3. The summed E-state index contributed by atoms with van der Waals surface area (Å²) in [4.78, 5) is -1.56. The number of nitrogen functional groups attached to an aromatic ring is 2. The Hall–Kier alpha value is -1.86. The fourth-order valence-corrected chi connectivity index (χ4v) is 3.48. The van der Waals surface area contributed by atoms with Crippen LogP contribution < -0.4 is 11.5 Å². The summed E-state index contributed by atoms with van der Waals surface area (Å²) in [5.74, 6) is -2.25. The molecule has 15 heteroatoms. The number of alkyl halides is 6. The van der Waals surface area contributed by atoms with E-state index in [-0.39, 0.29) is 0 Å². The van der Waals surface area contributed by atoms with E-state index in [1.807, 2.05) is 0 Å². The normalized spacial score (nSPS) is 13.2. The van der Waals surface area contributed by atoms with E-state index in [4.69, 9.17) is 34.7 Å². The van der Waals surface area contributed by atoms with Gasteiger partial charge in [-0.1, -0.05) is 23.2 Å². The number of rotatable bonds is 2. The van der Waals surface area contributed by atoms with Gasteiger partial charge in [0.25, 0.3) is 9.84 Å². The molecule has 2 rings (SSSR count). The monoisotopic (exact) mass is 442 g/mol. The van der Waals surface area contributed by atoms with E-state index in [0.29, 0.717) is 16.8 Å². The molecule has 0 atom stereocenters. The summed E-state index contributed by atoms with van der Waals surface area (Å²) in [6.45, 7) is 0. The Morgan fingerprint density at radius 1 is 1.00 bits per heavy atom. The molecule has 0 spiro atoms. The molecule has 0 unspecified atom stereocenters. The third-order valence-electron chi connectivity index (χ3n) is 3.03. The predicted molar refractivity (Wildman–Crippen MR) is 80.7 cm³/mol. The molecule has 2 aromatic rings. The van der Waals surface area contributed by atoms with Crippen LogP contribution in [0.3, 0.4) is 0 Å². The molecule has 1 heterocycles. The Balaban J connectivity index is 2.76. The standard InChI is InChI=1S/C11H6Cl2F6N4O2S/c12-4-1-3(10(14,15)16)2-5(13)6(4)23-9(21)7(8(20)22-23)26(24,25)11(17,18)19/h1-2H,21H2,(H2,20,22). The third kappa shape index (κ3) is 3.25. The molecule has 0 aliphatic rings. The predicted octanol–water partition coefficient (Wildman–Crippen LogP) is 3.66.